The van der Waals surface area contributed by atoms with Crippen LogP contribution in [0.1, 0.15) is 58.8 Å². The summed E-state index contributed by atoms with van der Waals surface area (Å²) >= 11 is 0. The summed E-state index contributed by atoms with van der Waals surface area (Å²) in [7, 11) is 2.34. The Bertz CT molecular complexity index is 231. The van der Waals surface area contributed by atoms with E-state index >= 15 is 0 Å². The zero-order valence-corrected chi connectivity index (χ0v) is 12.0. The van der Waals surface area contributed by atoms with E-state index in [0.717, 1.165) is 12.1 Å². The Morgan fingerprint density at radius 2 is 1.94 bits per heavy atom. The molecule has 0 amide bonds. The molecule has 2 rings (SSSR count). The second kappa shape index (κ2) is 5.71. The van der Waals surface area contributed by atoms with E-state index in [9.17, 15) is 0 Å². The Labute approximate surface area is 107 Å². The molecule has 2 unspecified atom stereocenters. The van der Waals surface area contributed by atoms with Crippen LogP contribution in [0.4, 0.5) is 0 Å². The van der Waals surface area contributed by atoms with Crippen molar-refractivity contribution in [1.29, 1.82) is 0 Å². The lowest BCUT2D eigenvalue weighted by atomic mass is 9.85. The summed E-state index contributed by atoms with van der Waals surface area (Å²) in [4.78, 5) is 2.63. The molecule has 1 N–H and O–H groups in total. The van der Waals surface area contributed by atoms with Crippen molar-refractivity contribution >= 4 is 0 Å². The normalized spacial score (nSPS) is 33.9. The van der Waals surface area contributed by atoms with Gasteiger partial charge in [0, 0.05) is 18.6 Å². The summed E-state index contributed by atoms with van der Waals surface area (Å²) in [6, 6.07) is 1.59. The van der Waals surface area contributed by atoms with E-state index in [1.807, 2.05) is 0 Å². The first kappa shape index (κ1) is 13.4. The molecule has 17 heavy (non-hydrogen) atoms. The molecule has 2 aliphatic rings. The second-order valence-corrected chi connectivity index (χ2v) is 6.98. The molecule has 1 saturated heterocycles. The summed E-state index contributed by atoms with van der Waals surface area (Å²) in [5.41, 5.74) is 0.585. The van der Waals surface area contributed by atoms with E-state index in [1.54, 1.807) is 0 Å². The van der Waals surface area contributed by atoms with E-state index in [1.165, 1.54) is 58.0 Å². The predicted octanol–water partition coefficient (Wildman–Crippen LogP) is 3.03. The summed E-state index contributed by atoms with van der Waals surface area (Å²) in [6.07, 6.45) is 9.79. The zero-order chi connectivity index (χ0) is 12.3. The van der Waals surface area contributed by atoms with E-state index in [4.69, 9.17) is 0 Å². The highest BCUT2D eigenvalue weighted by atomic mass is 15.2. The Morgan fingerprint density at radius 1 is 1.12 bits per heavy atom. The third-order valence-corrected chi connectivity index (χ3v) is 4.84. The molecule has 1 saturated carbocycles. The van der Waals surface area contributed by atoms with Gasteiger partial charge in [-0.2, -0.15) is 0 Å². The van der Waals surface area contributed by atoms with Crippen LogP contribution in [0.15, 0.2) is 0 Å². The Kier molecular flexibility index (Phi) is 4.48. The fraction of sp³-hybridized carbons (Fsp3) is 1.00. The van der Waals surface area contributed by atoms with Gasteiger partial charge in [-0.3, -0.25) is 0 Å². The lowest BCUT2D eigenvalue weighted by Gasteiger charge is -2.30. The van der Waals surface area contributed by atoms with Gasteiger partial charge in [-0.25, -0.2) is 0 Å². The van der Waals surface area contributed by atoms with Crippen LogP contribution in [0.2, 0.25) is 0 Å². The highest BCUT2D eigenvalue weighted by molar-refractivity contribution is 4.83. The predicted molar refractivity (Wildman–Crippen MR) is 74.3 cm³/mol. The lowest BCUT2D eigenvalue weighted by Crippen LogP contribution is -2.40. The molecule has 1 aliphatic heterocycles. The van der Waals surface area contributed by atoms with Crippen molar-refractivity contribution in [3.05, 3.63) is 0 Å². The van der Waals surface area contributed by atoms with Crippen LogP contribution < -0.4 is 5.32 Å². The largest absolute Gasteiger partial charge is 0.313 e. The third-order valence-electron chi connectivity index (χ3n) is 4.84. The Hall–Kier alpha value is -0.0800. The first-order valence-electron chi connectivity index (χ1n) is 7.50. The Morgan fingerprint density at radius 3 is 2.65 bits per heavy atom. The maximum absolute atomic E-state index is 3.62. The van der Waals surface area contributed by atoms with Gasteiger partial charge in [-0.1, -0.05) is 20.3 Å². The van der Waals surface area contributed by atoms with E-state index in [-0.39, 0.29) is 0 Å². The maximum atomic E-state index is 3.62. The van der Waals surface area contributed by atoms with Crippen molar-refractivity contribution in [3.63, 3.8) is 0 Å². The van der Waals surface area contributed by atoms with Crippen molar-refractivity contribution in [1.82, 2.24) is 10.2 Å². The van der Waals surface area contributed by atoms with E-state index < -0.39 is 0 Å². The molecule has 0 bridgehead atoms. The average Bonchev–Trinajstić information content (AvgIpc) is 2.68. The molecule has 0 aromatic carbocycles. The van der Waals surface area contributed by atoms with Crippen LogP contribution >= 0.6 is 0 Å². The van der Waals surface area contributed by atoms with Gasteiger partial charge < -0.3 is 10.2 Å². The first-order valence-corrected chi connectivity index (χ1v) is 7.50. The van der Waals surface area contributed by atoms with Gasteiger partial charge in [0.1, 0.15) is 0 Å². The van der Waals surface area contributed by atoms with Crippen LogP contribution in [0, 0.1) is 5.41 Å². The number of hydrogen-bond acceptors (Lipinski definition) is 2. The summed E-state index contributed by atoms with van der Waals surface area (Å²) in [5, 5.41) is 3.62. The van der Waals surface area contributed by atoms with Crippen molar-refractivity contribution in [2.24, 2.45) is 5.41 Å². The Balaban J connectivity index is 1.80. The molecule has 0 radical (unpaired) electrons. The van der Waals surface area contributed by atoms with Gasteiger partial charge in [0.15, 0.2) is 0 Å². The van der Waals surface area contributed by atoms with Crippen LogP contribution in [-0.2, 0) is 0 Å². The van der Waals surface area contributed by atoms with Gasteiger partial charge in [-0.15, -0.1) is 0 Å². The number of rotatable bonds is 3. The fourth-order valence-electron chi connectivity index (χ4n) is 3.49. The van der Waals surface area contributed by atoms with Crippen LogP contribution in [0.5, 0.6) is 0 Å². The number of nitrogens with zero attached hydrogens (tertiary/aromatic N) is 1. The average molecular weight is 238 g/mol. The van der Waals surface area contributed by atoms with Crippen molar-refractivity contribution in [3.8, 4) is 0 Å². The molecule has 0 aromatic rings. The van der Waals surface area contributed by atoms with Crippen molar-refractivity contribution in [2.45, 2.75) is 70.9 Å². The van der Waals surface area contributed by atoms with Gasteiger partial charge in [0.25, 0.3) is 0 Å². The SMILES string of the molecule is CN(CC1CCCN1)C1CCCC(C)(C)CC1. The molecule has 1 aliphatic carbocycles. The summed E-state index contributed by atoms with van der Waals surface area (Å²) < 4.78 is 0. The molecule has 0 spiro atoms. The summed E-state index contributed by atoms with van der Waals surface area (Å²) in [6.45, 7) is 7.36. The molecule has 1 heterocycles. The molecular formula is C15H30N2. The van der Waals surface area contributed by atoms with Crippen LogP contribution in [0.25, 0.3) is 0 Å². The lowest BCUT2D eigenvalue weighted by molar-refractivity contribution is 0.198. The summed E-state index contributed by atoms with van der Waals surface area (Å²) in [5.74, 6) is 0. The van der Waals surface area contributed by atoms with Crippen LogP contribution in [0.3, 0.4) is 0 Å². The smallest absolute Gasteiger partial charge is 0.0195 e. The number of likely N-dealkylation sites (N-methyl/N-ethyl adjacent to an activating group) is 1. The standard InChI is InChI=1S/C15H30N2/c1-15(2)9-4-7-14(8-10-15)17(3)12-13-6-5-11-16-13/h13-14,16H,4-12H2,1-3H3. The molecule has 0 aromatic heterocycles. The molecule has 2 atom stereocenters. The van der Waals surface area contributed by atoms with Crippen molar-refractivity contribution in [2.75, 3.05) is 20.1 Å². The van der Waals surface area contributed by atoms with E-state index in [2.05, 4.69) is 31.1 Å². The third kappa shape index (κ3) is 3.96. The van der Waals surface area contributed by atoms with Crippen LogP contribution in [-0.4, -0.2) is 37.1 Å². The van der Waals surface area contributed by atoms with Crippen molar-refractivity contribution < 1.29 is 0 Å². The molecule has 2 nitrogen and oxygen atoms in total. The first-order chi connectivity index (χ1) is 8.07. The van der Waals surface area contributed by atoms with Gasteiger partial charge in [-0.05, 0) is 57.5 Å². The molecule has 2 fully saturated rings. The monoisotopic (exact) mass is 238 g/mol. The molecular weight excluding hydrogens is 208 g/mol. The molecule has 2 heteroatoms. The topological polar surface area (TPSA) is 15.3 Å². The minimum atomic E-state index is 0.585. The number of hydrogen-bond donors (Lipinski definition) is 1. The second-order valence-electron chi connectivity index (χ2n) is 6.98. The fourth-order valence-corrected chi connectivity index (χ4v) is 3.49. The zero-order valence-electron chi connectivity index (χ0n) is 12.0. The quantitative estimate of drug-likeness (QED) is 0.760. The minimum Gasteiger partial charge on any atom is -0.313 e. The molecule has 100 valence electrons. The van der Waals surface area contributed by atoms with E-state index in [0.29, 0.717) is 5.41 Å². The number of nitrogens with one attached hydrogen (secondary N) is 1. The van der Waals surface area contributed by atoms with Gasteiger partial charge in [0.05, 0.1) is 0 Å². The maximum Gasteiger partial charge on any atom is 0.0195 e. The van der Waals surface area contributed by atoms with Gasteiger partial charge in [0.2, 0.25) is 0 Å². The van der Waals surface area contributed by atoms with Gasteiger partial charge >= 0.3 is 0 Å². The highest BCUT2D eigenvalue weighted by Gasteiger charge is 2.27. The highest BCUT2D eigenvalue weighted by Crippen LogP contribution is 2.35. The minimum absolute atomic E-state index is 0.585.